The van der Waals surface area contributed by atoms with Gasteiger partial charge in [-0.2, -0.15) is 4.57 Å². The summed E-state index contributed by atoms with van der Waals surface area (Å²) in [5, 5.41) is 0. The average Bonchev–Trinajstić information content (AvgIpc) is 3.18. The Morgan fingerprint density at radius 2 is 1.69 bits per heavy atom. The number of aromatic nitrogens is 4. The molecule has 0 amide bonds. The van der Waals surface area contributed by atoms with Gasteiger partial charge in [-0.05, 0) is 50.2 Å². The maximum atomic E-state index is 12.9. The Kier molecular flexibility index (Phi) is 5.10. The molecule has 7 nitrogen and oxygen atoms in total. The maximum Gasteiger partial charge on any atom is 0.270 e. The molecule has 0 atom stereocenters. The minimum atomic E-state index is -3.83. The maximum absolute atomic E-state index is 12.9. The van der Waals surface area contributed by atoms with Gasteiger partial charge in [0, 0.05) is 4.47 Å². The summed E-state index contributed by atoms with van der Waals surface area (Å²) >= 11 is 3.32. The zero-order valence-corrected chi connectivity index (χ0v) is 18.2. The molecule has 4 aromatic rings. The van der Waals surface area contributed by atoms with Gasteiger partial charge in [0.05, 0.1) is 22.0 Å². The molecule has 29 heavy (non-hydrogen) atoms. The average molecular weight is 473 g/mol. The predicted molar refractivity (Wildman–Crippen MR) is 114 cm³/mol. The topological polar surface area (TPSA) is 80.8 Å². The molecule has 0 radical (unpaired) electrons. The quantitative estimate of drug-likeness (QED) is 0.447. The number of hydrogen-bond donors (Lipinski definition) is 1. The van der Waals surface area contributed by atoms with E-state index < -0.39 is 10.0 Å². The fourth-order valence-electron chi connectivity index (χ4n) is 2.84. The first-order chi connectivity index (χ1) is 13.8. The van der Waals surface area contributed by atoms with Gasteiger partial charge in [-0.25, -0.2) is 23.0 Å². The summed E-state index contributed by atoms with van der Waals surface area (Å²) in [4.78, 5) is 9.35. The van der Waals surface area contributed by atoms with E-state index in [-0.39, 0.29) is 16.8 Å². The van der Waals surface area contributed by atoms with Crippen LogP contribution in [0.4, 0.5) is 5.82 Å². The molecule has 2 aromatic heterocycles. The van der Waals surface area contributed by atoms with Crippen LogP contribution in [0.5, 0.6) is 0 Å². The van der Waals surface area contributed by atoms with Crippen LogP contribution in [0.25, 0.3) is 16.9 Å². The van der Waals surface area contributed by atoms with E-state index in [0.29, 0.717) is 16.9 Å². The van der Waals surface area contributed by atoms with E-state index in [4.69, 9.17) is 0 Å². The number of rotatable bonds is 5. The van der Waals surface area contributed by atoms with Gasteiger partial charge in [-0.1, -0.05) is 28.1 Å². The number of halogens is 1. The summed E-state index contributed by atoms with van der Waals surface area (Å²) in [5.74, 6) is 0.571. The van der Waals surface area contributed by atoms with Gasteiger partial charge in [0.2, 0.25) is 5.82 Å². The van der Waals surface area contributed by atoms with Crippen molar-refractivity contribution in [3.63, 3.8) is 0 Å². The van der Waals surface area contributed by atoms with E-state index in [1.165, 1.54) is 12.1 Å². The number of anilines is 1. The summed E-state index contributed by atoms with van der Waals surface area (Å²) in [7, 11) is -3.83. The van der Waals surface area contributed by atoms with E-state index in [0.717, 1.165) is 4.47 Å². The van der Waals surface area contributed by atoms with E-state index in [1.807, 2.05) is 41.5 Å². The minimum absolute atomic E-state index is 0.145. The lowest BCUT2D eigenvalue weighted by Gasteiger charge is -2.10. The van der Waals surface area contributed by atoms with Crippen LogP contribution >= 0.6 is 15.9 Å². The summed E-state index contributed by atoms with van der Waals surface area (Å²) in [6.45, 7) is 4.13. The number of sulfonamides is 1. The summed E-state index contributed by atoms with van der Waals surface area (Å²) < 4.78 is 33.0. The number of nitrogens with zero attached hydrogens (tertiary/aromatic N) is 4. The monoisotopic (exact) mass is 472 g/mol. The molecule has 2 heterocycles. The van der Waals surface area contributed by atoms with Crippen LogP contribution in [0.1, 0.15) is 19.9 Å². The molecule has 2 aromatic carbocycles. The molecule has 0 spiro atoms. The normalized spacial score (nSPS) is 11.9. The van der Waals surface area contributed by atoms with Gasteiger partial charge >= 0.3 is 0 Å². The highest BCUT2D eigenvalue weighted by Crippen LogP contribution is 2.24. The highest BCUT2D eigenvalue weighted by Gasteiger charge is 2.23. The van der Waals surface area contributed by atoms with Crippen LogP contribution in [0.15, 0.2) is 76.6 Å². The van der Waals surface area contributed by atoms with Crippen molar-refractivity contribution in [3.8, 4) is 5.82 Å². The Morgan fingerprint density at radius 3 is 2.31 bits per heavy atom. The van der Waals surface area contributed by atoms with Crippen molar-refractivity contribution < 1.29 is 13.0 Å². The Labute approximate surface area is 177 Å². The summed E-state index contributed by atoms with van der Waals surface area (Å²) in [6.07, 6.45) is 5.60. The third kappa shape index (κ3) is 4.01. The molecular formula is C20H19BrN5O2S+. The molecule has 9 heteroatoms. The molecule has 0 bridgehead atoms. The lowest BCUT2D eigenvalue weighted by atomic mass is 10.3. The van der Waals surface area contributed by atoms with Gasteiger partial charge < -0.3 is 0 Å². The van der Waals surface area contributed by atoms with Gasteiger partial charge in [-0.3, -0.25) is 4.72 Å². The van der Waals surface area contributed by atoms with Crippen molar-refractivity contribution in [2.24, 2.45) is 0 Å². The summed E-state index contributed by atoms with van der Waals surface area (Å²) in [6, 6.07) is 14.0. The van der Waals surface area contributed by atoms with Crippen LogP contribution in [0, 0.1) is 0 Å². The molecule has 0 unspecified atom stereocenters. The smallest absolute Gasteiger partial charge is 0.258 e. The molecular weight excluding hydrogens is 454 g/mol. The zero-order chi connectivity index (χ0) is 20.6. The Hall–Kier alpha value is -2.78. The highest BCUT2D eigenvalue weighted by molar-refractivity contribution is 9.10. The van der Waals surface area contributed by atoms with Crippen LogP contribution in [-0.4, -0.2) is 23.0 Å². The van der Waals surface area contributed by atoms with Crippen molar-refractivity contribution in [2.75, 3.05) is 4.72 Å². The molecule has 1 N–H and O–H groups in total. The second-order valence-electron chi connectivity index (χ2n) is 6.81. The lowest BCUT2D eigenvalue weighted by molar-refractivity contribution is -0.715. The van der Waals surface area contributed by atoms with E-state index >= 15 is 0 Å². The van der Waals surface area contributed by atoms with Gasteiger partial charge in [0.25, 0.3) is 22.2 Å². The van der Waals surface area contributed by atoms with Crippen molar-refractivity contribution in [3.05, 3.63) is 71.7 Å². The van der Waals surface area contributed by atoms with Crippen molar-refractivity contribution in [2.45, 2.75) is 24.8 Å². The van der Waals surface area contributed by atoms with Crippen molar-refractivity contribution in [1.82, 2.24) is 14.5 Å². The van der Waals surface area contributed by atoms with Crippen LogP contribution in [0.2, 0.25) is 0 Å². The van der Waals surface area contributed by atoms with Crippen LogP contribution < -0.4 is 9.29 Å². The van der Waals surface area contributed by atoms with Crippen molar-refractivity contribution in [1.29, 1.82) is 0 Å². The second-order valence-corrected chi connectivity index (χ2v) is 9.40. The van der Waals surface area contributed by atoms with Gasteiger partial charge in [0.15, 0.2) is 0 Å². The SMILES string of the molecule is CC(C)[n+]1ccn(-c2nc3ccccc3nc2NS(=O)(=O)c2ccc(Br)cc2)c1. The second kappa shape index (κ2) is 7.57. The third-order valence-corrected chi connectivity index (χ3v) is 6.29. The number of nitrogens with one attached hydrogen (secondary N) is 1. The minimum Gasteiger partial charge on any atom is -0.258 e. The molecule has 0 saturated carbocycles. The van der Waals surface area contributed by atoms with Gasteiger partial charge in [0.1, 0.15) is 12.4 Å². The lowest BCUT2D eigenvalue weighted by Crippen LogP contribution is -2.33. The first-order valence-corrected chi connectivity index (χ1v) is 11.3. The van der Waals surface area contributed by atoms with Crippen molar-refractivity contribution >= 4 is 42.8 Å². The first-order valence-electron chi connectivity index (χ1n) is 8.98. The largest absolute Gasteiger partial charge is 0.270 e. The Bertz CT molecular complexity index is 1280. The fourth-order valence-corrected chi connectivity index (χ4v) is 4.11. The molecule has 4 rings (SSSR count). The van der Waals surface area contributed by atoms with E-state index in [2.05, 4.69) is 44.5 Å². The molecule has 0 fully saturated rings. The number of para-hydroxylation sites is 2. The molecule has 0 aliphatic carbocycles. The molecule has 0 saturated heterocycles. The number of imidazole rings is 1. The molecule has 0 aliphatic heterocycles. The zero-order valence-electron chi connectivity index (χ0n) is 15.8. The predicted octanol–water partition coefficient (Wildman–Crippen LogP) is 3.85. The van der Waals surface area contributed by atoms with E-state index in [1.54, 1.807) is 22.8 Å². The van der Waals surface area contributed by atoms with Crippen LogP contribution in [0.3, 0.4) is 0 Å². The Balaban J connectivity index is 1.84. The number of benzene rings is 2. The van der Waals surface area contributed by atoms with E-state index in [9.17, 15) is 8.42 Å². The number of fused-ring (bicyclic) bond motifs is 1. The number of hydrogen-bond acceptors (Lipinski definition) is 4. The fraction of sp³-hybridized carbons (Fsp3) is 0.150. The van der Waals surface area contributed by atoms with Crippen LogP contribution in [-0.2, 0) is 10.0 Å². The molecule has 0 aliphatic rings. The third-order valence-electron chi connectivity index (χ3n) is 4.41. The summed E-state index contributed by atoms with van der Waals surface area (Å²) in [5.41, 5.74) is 1.28. The molecule has 148 valence electrons. The highest BCUT2D eigenvalue weighted by atomic mass is 79.9. The standard InChI is InChI=1S/C20H19BrN5O2S/c1-14(2)25-11-12-26(13-25)20-19(22-17-5-3-4-6-18(17)23-20)24-29(27,28)16-9-7-15(21)8-10-16/h3-14H,1-2H3,(H,22,24)/q+1. The first kappa shape index (κ1) is 19.5. The Morgan fingerprint density at radius 1 is 1.03 bits per heavy atom. The van der Waals surface area contributed by atoms with Gasteiger partial charge in [-0.15, -0.1) is 0 Å².